The average molecular weight is 325 g/mol. The fourth-order valence-corrected chi connectivity index (χ4v) is 20.3. The molecule has 1 aliphatic heterocycles. The van der Waals surface area contributed by atoms with E-state index in [0.29, 0.717) is 4.75 Å². The van der Waals surface area contributed by atoms with Gasteiger partial charge < -0.3 is 12.3 Å². The van der Waals surface area contributed by atoms with Gasteiger partial charge in [0.2, 0.25) is 0 Å². The number of hydrogen-bond acceptors (Lipinski definition) is 4. The minimum absolute atomic E-state index is 0.315. The highest BCUT2D eigenvalue weighted by molar-refractivity contribution is 8.00. The molecule has 1 fully saturated rings. The molecule has 0 aromatic heterocycles. The van der Waals surface area contributed by atoms with Gasteiger partial charge in [-0.2, -0.15) is 11.8 Å². The Labute approximate surface area is 120 Å². The molecule has 0 bridgehead atoms. The SMILES string of the molecule is CC(C)(C)SCC[Si]1(C)O[Si](C)(C)O[Si](C)(C)O1. The second-order valence-electron chi connectivity index (χ2n) is 6.95. The molecule has 1 saturated heterocycles. The standard InChI is InChI=1S/C11H28O3SSi3/c1-11(2,3)15-9-10-18(8)13-16(4,5)12-17(6,7)14-18/h9-10H2,1-8H3. The van der Waals surface area contributed by atoms with E-state index in [9.17, 15) is 0 Å². The average Bonchev–Trinajstić information content (AvgIpc) is 1.91. The lowest BCUT2D eigenvalue weighted by Crippen LogP contribution is -2.65. The van der Waals surface area contributed by atoms with Crippen LogP contribution in [0.5, 0.6) is 0 Å². The van der Waals surface area contributed by atoms with Crippen LogP contribution in [0.15, 0.2) is 0 Å². The van der Waals surface area contributed by atoms with Crippen molar-refractivity contribution in [3.8, 4) is 0 Å². The van der Waals surface area contributed by atoms with Gasteiger partial charge in [-0.3, -0.25) is 0 Å². The molecule has 0 aromatic rings. The summed E-state index contributed by atoms with van der Waals surface area (Å²) in [6.45, 7) is 17.6. The van der Waals surface area contributed by atoms with Gasteiger partial charge in [-0.05, 0) is 44.5 Å². The Balaban J connectivity index is 2.62. The molecular weight excluding hydrogens is 296 g/mol. The van der Waals surface area contributed by atoms with Crippen LogP contribution in [0.25, 0.3) is 0 Å². The summed E-state index contributed by atoms with van der Waals surface area (Å²) in [6.07, 6.45) is 0. The van der Waals surface area contributed by atoms with Gasteiger partial charge in [0.15, 0.2) is 0 Å². The molecule has 3 nitrogen and oxygen atoms in total. The number of thioether (sulfide) groups is 1. The topological polar surface area (TPSA) is 27.7 Å². The predicted molar refractivity (Wildman–Crippen MR) is 86.9 cm³/mol. The van der Waals surface area contributed by atoms with E-state index in [0.717, 1.165) is 11.8 Å². The predicted octanol–water partition coefficient (Wildman–Crippen LogP) is 4.06. The third-order valence-electron chi connectivity index (χ3n) is 2.51. The molecule has 18 heavy (non-hydrogen) atoms. The summed E-state index contributed by atoms with van der Waals surface area (Å²) in [5.74, 6) is 1.11. The molecule has 108 valence electrons. The molecule has 1 heterocycles. The van der Waals surface area contributed by atoms with Crippen LogP contribution in [0.2, 0.25) is 38.8 Å². The van der Waals surface area contributed by atoms with Crippen molar-refractivity contribution in [3.63, 3.8) is 0 Å². The lowest BCUT2D eigenvalue weighted by Gasteiger charge is -2.48. The summed E-state index contributed by atoms with van der Waals surface area (Å²) >= 11 is 1.99. The highest BCUT2D eigenvalue weighted by Gasteiger charge is 2.52. The lowest BCUT2D eigenvalue weighted by atomic mass is 10.3. The maximum Gasteiger partial charge on any atom is 0.318 e. The zero-order valence-corrected chi connectivity index (χ0v) is 16.9. The zero-order chi connectivity index (χ0) is 14.2. The van der Waals surface area contributed by atoms with E-state index in [1.807, 2.05) is 11.8 Å². The molecule has 0 aliphatic carbocycles. The Morgan fingerprint density at radius 1 is 0.833 bits per heavy atom. The Bertz CT molecular complexity index is 286. The van der Waals surface area contributed by atoms with Crippen LogP contribution in [0, 0.1) is 0 Å². The Hall–Kier alpha value is 0.881. The first-order valence-electron chi connectivity index (χ1n) is 6.57. The number of hydrogen-bond donors (Lipinski definition) is 0. The van der Waals surface area contributed by atoms with Crippen molar-refractivity contribution in [2.24, 2.45) is 0 Å². The first-order valence-corrected chi connectivity index (χ1v) is 15.7. The summed E-state index contributed by atoms with van der Waals surface area (Å²) < 4.78 is 18.9. The van der Waals surface area contributed by atoms with E-state index in [1.165, 1.54) is 0 Å². The monoisotopic (exact) mass is 324 g/mol. The molecule has 1 aliphatic rings. The fraction of sp³-hybridized carbons (Fsp3) is 1.00. The van der Waals surface area contributed by atoms with Crippen LogP contribution in [-0.4, -0.2) is 36.2 Å². The van der Waals surface area contributed by atoms with Gasteiger partial charge in [0.1, 0.15) is 0 Å². The van der Waals surface area contributed by atoms with Crippen molar-refractivity contribution < 1.29 is 12.3 Å². The lowest BCUT2D eigenvalue weighted by molar-refractivity contribution is 0.233. The Kier molecular flexibility index (Phi) is 5.03. The van der Waals surface area contributed by atoms with Crippen molar-refractivity contribution in [2.75, 3.05) is 5.75 Å². The molecular formula is C11H28O3SSi3. The maximum atomic E-state index is 6.27. The number of rotatable bonds is 3. The molecule has 1 rings (SSSR count). The zero-order valence-electron chi connectivity index (χ0n) is 13.0. The Morgan fingerprint density at radius 3 is 1.67 bits per heavy atom. The summed E-state index contributed by atoms with van der Waals surface area (Å²) in [5, 5.41) is 0. The third kappa shape index (κ3) is 5.89. The molecule has 0 N–H and O–H groups in total. The largest absolute Gasteiger partial charge is 0.416 e. The van der Waals surface area contributed by atoms with Crippen molar-refractivity contribution in [2.45, 2.75) is 64.3 Å². The van der Waals surface area contributed by atoms with E-state index in [4.69, 9.17) is 12.3 Å². The smallest absolute Gasteiger partial charge is 0.318 e. The fourth-order valence-electron chi connectivity index (χ4n) is 2.34. The van der Waals surface area contributed by atoms with Gasteiger partial charge in [-0.1, -0.05) is 20.8 Å². The van der Waals surface area contributed by atoms with Crippen LogP contribution in [0.1, 0.15) is 20.8 Å². The van der Waals surface area contributed by atoms with E-state index >= 15 is 0 Å². The first kappa shape index (κ1) is 16.9. The van der Waals surface area contributed by atoms with Crippen LogP contribution < -0.4 is 0 Å². The van der Waals surface area contributed by atoms with Gasteiger partial charge >= 0.3 is 25.7 Å². The van der Waals surface area contributed by atoms with Gasteiger partial charge in [-0.15, -0.1) is 0 Å². The minimum Gasteiger partial charge on any atom is -0.416 e. The minimum atomic E-state index is -2.03. The van der Waals surface area contributed by atoms with Gasteiger partial charge in [0, 0.05) is 4.75 Å². The molecule has 0 radical (unpaired) electrons. The van der Waals surface area contributed by atoms with Crippen LogP contribution in [-0.2, 0) is 12.3 Å². The normalized spacial score (nSPS) is 26.0. The highest BCUT2D eigenvalue weighted by Crippen LogP contribution is 2.34. The van der Waals surface area contributed by atoms with Crippen molar-refractivity contribution in [1.29, 1.82) is 0 Å². The molecule has 7 heteroatoms. The van der Waals surface area contributed by atoms with Crippen LogP contribution in [0.4, 0.5) is 0 Å². The van der Waals surface area contributed by atoms with E-state index in [2.05, 4.69) is 53.5 Å². The van der Waals surface area contributed by atoms with E-state index < -0.39 is 25.7 Å². The molecule has 0 aromatic carbocycles. The summed E-state index contributed by atoms with van der Waals surface area (Å²) in [5.41, 5.74) is 0. The molecule has 0 spiro atoms. The molecule has 0 atom stereocenters. The van der Waals surface area contributed by atoms with Crippen LogP contribution in [0.3, 0.4) is 0 Å². The third-order valence-corrected chi connectivity index (χ3v) is 16.6. The second kappa shape index (κ2) is 5.34. The first-order chi connectivity index (χ1) is 7.83. The molecule has 0 amide bonds. The van der Waals surface area contributed by atoms with E-state index in [1.54, 1.807) is 0 Å². The van der Waals surface area contributed by atoms with Gasteiger partial charge in [0.05, 0.1) is 0 Å². The quantitative estimate of drug-likeness (QED) is 0.732. The van der Waals surface area contributed by atoms with Crippen LogP contribution >= 0.6 is 11.8 Å². The van der Waals surface area contributed by atoms with Gasteiger partial charge in [0.25, 0.3) is 0 Å². The molecule has 0 saturated carbocycles. The van der Waals surface area contributed by atoms with Gasteiger partial charge in [-0.25, -0.2) is 0 Å². The summed E-state index contributed by atoms with van der Waals surface area (Å²) in [7, 11) is -5.97. The van der Waals surface area contributed by atoms with E-state index in [-0.39, 0.29) is 0 Å². The summed E-state index contributed by atoms with van der Waals surface area (Å²) in [4.78, 5) is 0. The van der Waals surface area contributed by atoms with Crippen molar-refractivity contribution in [3.05, 3.63) is 0 Å². The van der Waals surface area contributed by atoms with Crippen molar-refractivity contribution >= 4 is 37.4 Å². The second-order valence-corrected chi connectivity index (χ2v) is 19.7. The Morgan fingerprint density at radius 2 is 1.28 bits per heavy atom. The van der Waals surface area contributed by atoms with Crippen molar-refractivity contribution in [1.82, 2.24) is 0 Å². The summed E-state index contributed by atoms with van der Waals surface area (Å²) in [6, 6.07) is 1.06. The highest BCUT2D eigenvalue weighted by atomic mass is 32.2. The molecule has 0 unspecified atom stereocenters. The maximum absolute atomic E-state index is 6.27.